The first-order valence-corrected chi connectivity index (χ1v) is 11.9. The first-order valence-electron chi connectivity index (χ1n) is 11.9. The van der Waals surface area contributed by atoms with Gasteiger partial charge in [-0.15, -0.1) is 0 Å². The fraction of sp³-hybridized carbons (Fsp3) is 0.250. The number of carbonyl (C=O) groups is 1. The number of rotatable bonds is 6. The van der Waals surface area contributed by atoms with Crippen LogP contribution in [-0.4, -0.2) is 22.0 Å². The Morgan fingerprint density at radius 1 is 0.971 bits per heavy atom. The van der Waals surface area contributed by atoms with Crippen LogP contribution in [0.1, 0.15) is 36.7 Å². The van der Waals surface area contributed by atoms with Crippen molar-refractivity contribution >= 4 is 33.9 Å². The maximum atomic E-state index is 13.0. The minimum atomic E-state index is -0.0796. The Hall–Kier alpha value is -3.93. The summed E-state index contributed by atoms with van der Waals surface area (Å²) in [5, 5.41) is 3.63. The third-order valence-electron chi connectivity index (χ3n) is 6.72. The van der Waals surface area contributed by atoms with Crippen molar-refractivity contribution in [2.24, 2.45) is 0 Å². The smallest absolute Gasteiger partial charge is 0.261 e. The Morgan fingerprint density at radius 2 is 1.74 bits per heavy atom. The highest BCUT2D eigenvalue weighted by Crippen LogP contribution is 2.35. The summed E-state index contributed by atoms with van der Waals surface area (Å²) in [7, 11) is 0. The quantitative estimate of drug-likeness (QED) is 0.449. The summed E-state index contributed by atoms with van der Waals surface area (Å²) >= 11 is 0. The van der Waals surface area contributed by atoms with Gasteiger partial charge < -0.3 is 10.2 Å². The topological polar surface area (TPSA) is 67.2 Å². The number of carbonyl (C=O) groups excluding carboxylic acids is 1. The number of hydrogen-bond acceptors (Lipinski definition) is 4. The predicted molar refractivity (Wildman–Crippen MR) is 135 cm³/mol. The van der Waals surface area contributed by atoms with E-state index in [4.69, 9.17) is 4.98 Å². The third-order valence-corrected chi connectivity index (χ3v) is 6.72. The van der Waals surface area contributed by atoms with Crippen LogP contribution in [0.4, 0.5) is 17.1 Å². The van der Waals surface area contributed by atoms with E-state index in [1.165, 1.54) is 11.3 Å². The molecule has 1 saturated carbocycles. The lowest BCUT2D eigenvalue weighted by molar-refractivity contribution is -0.116. The molecule has 4 aromatic rings. The number of nitrogens with zero attached hydrogens (tertiary/aromatic N) is 3. The van der Waals surface area contributed by atoms with Crippen molar-refractivity contribution in [3.63, 3.8) is 0 Å². The van der Waals surface area contributed by atoms with Crippen molar-refractivity contribution in [3.05, 3.63) is 94.5 Å². The van der Waals surface area contributed by atoms with Gasteiger partial charge in [0, 0.05) is 42.5 Å². The number of aromatic nitrogens is 2. The van der Waals surface area contributed by atoms with Gasteiger partial charge in [-0.2, -0.15) is 0 Å². The molecule has 6 nitrogen and oxygen atoms in total. The van der Waals surface area contributed by atoms with E-state index >= 15 is 0 Å². The number of fused-ring (bicyclic) bond motifs is 2. The van der Waals surface area contributed by atoms with Crippen molar-refractivity contribution in [3.8, 4) is 0 Å². The third kappa shape index (κ3) is 3.85. The molecule has 0 spiro atoms. The summed E-state index contributed by atoms with van der Waals surface area (Å²) < 4.78 is 1.80. The summed E-state index contributed by atoms with van der Waals surface area (Å²) in [6, 6.07) is 24.1. The van der Waals surface area contributed by atoms with E-state index in [-0.39, 0.29) is 23.9 Å². The maximum Gasteiger partial charge on any atom is 0.261 e. The van der Waals surface area contributed by atoms with Crippen LogP contribution in [0.25, 0.3) is 10.9 Å². The Kier molecular flexibility index (Phi) is 5.13. The first-order chi connectivity index (χ1) is 16.7. The molecular formula is C28H26N4O2. The molecule has 1 N–H and O–H groups in total. The van der Waals surface area contributed by atoms with Crippen LogP contribution < -0.4 is 15.8 Å². The molecule has 0 bridgehead atoms. The number of hydrogen-bond donors (Lipinski definition) is 1. The number of nitrogens with one attached hydrogen (secondary N) is 1. The summed E-state index contributed by atoms with van der Waals surface area (Å²) in [5.41, 5.74) is 5.21. The minimum Gasteiger partial charge on any atom is -0.341 e. The fourth-order valence-corrected chi connectivity index (χ4v) is 4.86. The lowest BCUT2D eigenvalue weighted by atomic mass is 10.2. The molecule has 1 aromatic heterocycles. The molecule has 1 aliphatic carbocycles. The molecule has 170 valence electrons. The standard InChI is InChI=1S/C28H26N4O2/c33-27(16-15-26-30-24-7-3-2-6-23(24)28(34)32(26)22-13-14-22)29-20-9-11-21(12-10-20)31-18-17-19-5-1-4-8-25(19)31/h1-12,22H,13-18H2,(H,29,33). The number of amides is 1. The Balaban J connectivity index is 1.14. The van der Waals surface area contributed by atoms with Crippen LogP contribution in [0.15, 0.2) is 77.6 Å². The molecule has 0 unspecified atom stereocenters. The van der Waals surface area contributed by atoms with Gasteiger partial charge in [0.15, 0.2) is 0 Å². The zero-order valence-corrected chi connectivity index (χ0v) is 18.9. The molecule has 2 aliphatic rings. The van der Waals surface area contributed by atoms with Crippen LogP contribution in [0.2, 0.25) is 0 Å². The maximum absolute atomic E-state index is 13.0. The van der Waals surface area contributed by atoms with E-state index in [1.807, 2.05) is 48.5 Å². The monoisotopic (exact) mass is 450 g/mol. The Morgan fingerprint density at radius 3 is 2.56 bits per heavy atom. The highest BCUT2D eigenvalue weighted by atomic mass is 16.1. The Labute approximate surface area is 197 Å². The van der Waals surface area contributed by atoms with Gasteiger partial charge in [-0.1, -0.05) is 30.3 Å². The van der Waals surface area contributed by atoms with Gasteiger partial charge in [-0.25, -0.2) is 4.98 Å². The highest BCUT2D eigenvalue weighted by molar-refractivity contribution is 5.91. The molecule has 3 aromatic carbocycles. The van der Waals surface area contributed by atoms with E-state index in [1.54, 1.807) is 4.57 Å². The number of aryl methyl sites for hydroxylation is 1. The molecule has 0 atom stereocenters. The number of para-hydroxylation sites is 2. The minimum absolute atomic E-state index is 0.00239. The molecule has 1 amide bonds. The predicted octanol–water partition coefficient (Wildman–Crippen LogP) is 5.00. The molecule has 6 heteroatoms. The molecule has 34 heavy (non-hydrogen) atoms. The lowest BCUT2D eigenvalue weighted by Gasteiger charge is -2.20. The van der Waals surface area contributed by atoms with Gasteiger partial charge in [0.1, 0.15) is 5.82 Å². The number of benzene rings is 3. The second kappa shape index (κ2) is 8.45. The van der Waals surface area contributed by atoms with Crippen LogP contribution in [0, 0.1) is 0 Å². The van der Waals surface area contributed by atoms with Crippen LogP contribution in [-0.2, 0) is 17.6 Å². The average Bonchev–Trinajstić information content (AvgIpc) is 3.61. The van der Waals surface area contributed by atoms with Gasteiger partial charge in [-0.3, -0.25) is 14.2 Å². The molecule has 1 fully saturated rings. The van der Waals surface area contributed by atoms with E-state index in [9.17, 15) is 9.59 Å². The van der Waals surface area contributed by atoms with E-state index in [2.05, 4.69) is 34.5 Å². The SMILES string of the molecule is O=C(CCc1nc2ccccc2c(=O)n1C1CC1)Nc1ccc(N2CCc3ccccc32)cc1. The average molecular weight is 451 g/mol. The molecule has 6 rings (SSSR count). The van der Waals surface area contributed by atoms with E-state index < -0.39 is 0 Å². The van der Waals surface area contributed by atoms with Gasteiger partial charge in [0.05, 0.1) is 10.9 Å². The molecule has 1 aliphatic heterocycles. The van der Waals surface area contributed by atoms with Crippen LogP contribution >= 0.6 is 0 Å². The second-order valence-corrected chi connectivity index (χ2v) is 9.08. The lowest BCUT2D eigenvalue weighted by Crippen LogP contribution is -2.25. The zero-order chi connectivity index (χ0) is 23.1. The van der Waals surface area contributed by atoms with Crippen molar-refractivity contribution in [2.45, 2.75) is 38.1 Å². The van der Waals surface area contributed by atoms with Crippen molar-refractivity contribution in [2.75, 3.05) is 16.8 Å². The molecule has 0 radical (unpaired) electrons. The Bertz CT molecular complexity index is 1440. The fourth-order valence-electron chi connectivity index (χ4n) is 4.86. The second-order valence-electron chi connectivity index (χ2n) is 9.08. The van der Waals surface area contributed by atoms with Crippen LogP contribution in [0.5, 0.6) is 0 Å². The molecule has 0 saturated heterocycles. The largest absolute Gasteiger partial charge is 0.341 e. The first kappa shape index (κ1) is 20.7. The van der Waals surface area contributed by atoms with E-state index in [0.717, 1.165) is 37.2 Å². The van der Waals surface area contributed by atoms with Gasteiger partial charge in [0.25, 0.3) is 5.56 Å². The summed E-state index contributed by atoms with van der Waals surface area (Å²) in [6.07, 6.45) is 3.74. The summed E-state index contributed by atoms with van der Waals surface area (Å²) in [5.74, 6) is 0.619. The summed E-state index contributed by atoms with van der Waals surface area (Å²) in [4.78, 5) is 32.7. The van der Waals surface area contributed by atoms with Crippen molar-refractivity contribution in [1.82, 2.24) is 9.55 Å². The zero-order valence-electron chi connectivity index (χ0n) is 18.9. The summed E-state index contributed by atoms with van der Waals surface area (Å²) in [6.45, 7) is 0.965. The van der Waals surface area contributed by atoms with Gasteiger partial charge in [0.2, 0.25) is 5.91 Å². The molecule has 2 heterocycles. The molecular weight excluding hydrogens is 424 g/mol. The van der Waals surface area contributed by atoms with Gasteiger partial charge in [-0.05, 0) is 67.3 Å². The van der Waals surface area contributed by atoms with Crippen molar-refractivity contribution in [1.29, 1.82) is 0 Å². The van der Waals surface area contributed by atoms with Crippen LogP contribution in [0.3, 0.4) is 0 Å². The van der Waals surface area contributed by atoms with Gasteiger partial charge >= 0.3 is 0 Å². The van der Waals surface area contributed by atoms with Crippen molar-refractivity contribution < 1.29 is 4.79 Å². The van der Waals surface area contributed by atoms with E-state index in [0.29, 0.717) is 23.1 Å². The highest BCUT2D eigenvalue weighted by Gasteiger charge is 2.28. The number of anilines is 3. The normalized spacial score (nSPS) is 14.9.